The summed E-state index contributed by atoms with van der Waals surface area (Å²) in [6, 6.07) is 13.9. The first-order valence-corrected chi connectivity index (χ1v) is 8.20. The molecule has 0 bridgehead atoms. The zero-order chi connectivity index (χ0) is 17.1. The first-order chi connectivity index (χ1) is 11.5. The molecule has 0 amide bonds. The van der Waals surface area contributed by atoms with E-state index in [0.717, 1.165) is 27.1 Å². The second-order valence-corrected chi connectivity index (χ2v) is 6.35. The van der Waals surface area contributed by atoms with Crippen LogP contribution < -0.4 is 10.6 Å². The highest BCUT2D eigenvalue weighted by Crippen LogP contribution is 2.24. The third-order valence-electron chi connectivity index (χ3n) is 3.41. The van der Waals surface area contributed by atoms with Crippen molar-refractivity contribution in [3.63, 3.8) is 0 Å². The summed E-state index contributed by atoms with van der Waals surface area (Å²) in [5.41, 5.74) is 3.64. The van der Waals surface area contributed by atoms with E-state index >= 15 is 0 Å². The predicted molar refractivity (Wildman–Crippen MR) is 98.6 cm³/mol. The standard InChI is InChI=1S/C18H16BrFN4/c1-11-9-13(19)3-8-16(11)23-17-10-12(2)21-18(24-17)22-15-6-4-14(20)5-7-15/h3-10H,1-2H3,(H2,21,22,23,24). The van der Waals surface area contributed by atoms with Gasteiger partial charge >= 0.3 is 0 Å². The summed E-state index contributed by atoms with van der Waals surface area (Å²) in [4.78, 5) is 8.84. The minimum Gasteiger partial charge on any atom is -0.340 e. The molecule has 0 radical (unpaired) electrons. The molecule has 0 atom stereocenters. The van der Waals surface area contributed by atoms with Crippen molar-refractivity contribution < 1.29 is 4.39 Å². The Bertz CT molecular complexity index is 865. The number of rotatable bonds is 4. The first kappa shape index (κ1) is 16.4. The fourth-order valence-corrected chi connectivity index (χ4v) is 2.73. The first-order valence-electron chi connectivity index (χ1n) is 7.41. The normalized spacial score (nSPS) is 10.5. The average molecular weight is 387 g/mol. The van der Waals surface area contributed by atoms with Gasteiger partial charge in [0.1, 0.15) is 11.6 Å². The Hall–Kier alpha value is -2.47. The van der Waals surface area contributed by atoms with Crippen LogP contribution in [0.25, 0.3) is 0 Å². The van der Waals surface area contributed by atoms with Crippen molar-refractivity contribution in [3.8, 4) is 0 Å². The topological polar surface area (TPSA) is 49.8 Å². The summed E-state index contributed by atoms with van der Waals surface area (Å²) in [7, 11) is 0. The quantitative estimate of drug-likeness (QED) is 0.622. The van der Waals surface area contributed by atoms with E-state index in [1.807, 2.05) is 38.1 Å². The molecule has 6 heteroatoms. The Morgan fingerprint density at radius 2 is 1.67 bits per heavy atom. The predicted octanol–water partition coefficient (Wildman–Crippen LogP) is 5.48. The van der Waals surface area contributed by atoms with Gasteiger partial charge in [-0.05, 0) is 61.9 Å². The lowest BCUT2D eigenvalue weighted by Crippen LogP contribution is -2.03. The molecule has 0 unspecified atom stereocenters. The van der Waals surface area contributed by atoms with E-state index in [-0.39, 0.29) is 5.82 Å². The molecule has 0 saturated carbocycles. The zero-order valence-electron chi connectivity index (χ0n) is 13.3. The van der Waals surface area contributed by atoms with Gasteiger partial charge in [-0.3, -0.25) is 0 Å². The second kappa shape index (κ2) is 6.97. The highest BCUT2D eigenvalue weighted by atomic mass is 79.9. The molecule has 0 aliphatic carbocycles. The number of anilines is 4. The Morgan fingerprint density at radius 1 is 0.917 bits per heavy atom. The van der Waals surface area contributed by atoms with Crippen LogP contribution in [0.4, 0.5) is 27.5 Å². The highest BCUT2D eigenvalue weighted by molar-refractivity contribution is 9.10. The van der Waals surface area contributed by atoms with Crippen molar-refractivity contribution in [3.05, 3.63) is 70.1 Å². The van der Waals surface area contributed by atoms with Crippen LogP contribution in [0.1, 0.15) is 11.3 Å². The number of hydrogen-bond acceptors (Lipinski definition) is 4. The lowest BCUT2D eigenvalue weighted by molar-refractivity contribution is 0.628. The van der Waals surface area contributed by atoms with Crippen molar-refractivity contribution in [2.24, 2.45) is 0 Å². The fourth-order valence-electron chi connectivity index (χ4n) is 2.26. The van der Waals surface area contributed by atoms with E-state index in [9.17, 15) is 4.39 Å². The van der Waals surface area contributed by atoms with Crippen molar-refractivity contribution in [1.29, 1.82) is 0 Å². The molecule has 2 N–H and O–H groups in total. The Morgan fingerprint density at radius 3 is 2.38 bits per heavy atom. The Kier molecular flexibility index (Phi) is 4.76. The van der Waals surface area contributed by atoms with Crippen molar-refractivity contribution in [1.82, 2.24) is 9.97 Å². The summed E-state index contributed by atoms with van der Waals surface area (Å²) < 4.78 is 14.0. The minimum atomic E-state index is -0.279. The number of benzene rings is 2. The number of nitrogens with zero attached hydrogens (tertiary/aromatic N) is 2. The van der Waals surface area contributed by atoms with Crippen LogP contribution in [0, 0.1) is 19.7 Å². The van der Waals surface area contributed by atoms with Crippen LogP contribution in [0.15, 0.2) is 53.0 Å². The van der Waals surface area contributed by atoms with E-state index in [2.05, 4.69) is 36.5 Å². The molecule has 0 saturated heterocycles. The van der Waals surface area contributed by atoms with E-state index in [1.54, 1.807) is 12.1 Å². The molecular weight excluding hydrogens is 371 g/mol. The van der Waals surface area contributed by atoms with Gasteiger partial charge in [0.15, 0.2) is 0 Å². The molecule has 0 fully saturated rings. The number of aryl methyl sites for hydroxylation is 2. The van der Waals surface area contributed by atoms with Gasteiger partial charge in [-0.2, -0.15) is 4.98 Å². The summed E-state index contributed by atoms with van der Waals surface area (Å²) >= 11 is 3.46. The van der Waals surface area contributed by atoms with Gasteiger partial charge in [0.25, 0.3) is 0 Å². The molecule has 122 valence electrons. The molecule has 3 aromatic rings. The Labute approximate surface area is 148 Å². The molecule has 0 aliphatic heterocycles. The van der Waals surface area contributed by atoms with Crippen LogP contribution in [-0.2, 0) is 0 Å². The van der Waals surface area contributed by atoms with Crippen LogP contribution >= 0.6 is 15.9 Å². The van der Waals surface area contributed by atoms with Crippen LogP contribution in [0.2, 0.25) is 0 Å². The van der Waals surface area contributed by atoms with E-state index in [1.165, 1.54) is 12.1 Å². The fraction of sp³-hybridized carbons (Fsp3) is 0.111. The molecule has 1 heterocycles. The lowest BCUT2D eigenvalue weighted by atomic mass is 10.2. The molecule has 0 spiro atoms. The third-order valence-corrected chi connectivity index (χ3v) is 3.90. The average Bonchev–Trinajstić information content (AvgIpc) is 2.52. The van der Waals surface area contributed by atoms with E-state index in [0.29, 0.717) is 11.8 Å². The maximum Gasteiger partial charge on any atom is 0.229 e. The molecule has 1 aromatic heterocycles. The SMILES string of the molecule is Cc1cc(Nc2ccc(Br)cc2C)nc(Nc2ccc(F)cc2)n1. The van der Waals surface area contributed by atoms with Crippen molar-refractivity contribution in [2.45, 2.75) is 13.8 Å². The second-order valence-electron chi connectivity index (χ2n) is 5.43. The Balaban J connectivity index is 1.84. The molecule has 2 aromatic carbocycles. The molecule has 24 heavy (non-hydrogen) atoms. The van der Waals surface area contributed by atoms with Crippen LogP contribution in [0.5, 0.6) is 0 Å². The number of halogens is 2. The number of aromatic nitrogens is 2. The molecule has 4 nitrogen and oxygen atoms in total. The van der Waals surface area contributed by atoms with Gasteiger partial charge in [-0.25, -0.2) is 9.37 Å². The van der Waals surface area contributed by atoms with Crippen LogP contribution in [0.3, 0.4) is 0 Å². The lowest BCUT2D eigenvalue weighted by Gasteiger charge is -2.12. The minimum absolute atomic E-state index is 0.279. The van der Waals surface area contributed by atoms with Crippen molar-refractivity contribution in [2.75, 3.05) is 10.6 Å². The largest absolute Gasteiger partial charge is 0.340 e. The monoisotopic (exact) mass is 386 g/mol. The van der Waals surface area contributed by atoms with Gasteiger partial charge in [0, 0.05) is 27.6 Å². The van der Waals surface area contributed by atoms with Crippen LogP contribution in [-0.4, -0.2) is 9.97 Å². The van der Waals surface area contributed by atoms with Gasteiger partial charge in [0.2, 0.25) is 5.95 Å². The molecular formula is C18H16BrFN4. The maximum atomic E-state index is 13.0. The zero-order valence-corrected chi connectivity index (χ0v) is 14.9. The number of nitrogens with one attached hydrogen (secondary N) is 2. The number of hydrogen-bond donors (Lipinski definition) is 2. The molecule has 3 rings (SSSR count). The van der Waals surface area contributed by atoms with Gasteiger partial charge in [-0.1, -0.05) is 15.9 Å². The summed E-state index contributed by atoms with van der Waals surface area (Å²) in [6.07, 6.45) is 0. The van der Waals surface area contributed by atoms with Gasteiger partial charge < -0.3 is 10.6 Å². The van der Waals surface area contributed by atoms with E-state index in [4.69, 9.17) is 0 Å². The maximum absolute atomic E-state index is 13.0. The summed E-state index contributed by atoms with van der Waals surface area (Å²) in [5, 5.41) is 6.39. The smallest absolute Gasteiger partial charge is 0.229 e. The third kappa shape index (κ3) is 4.08. The highest BCUT2D eigenvalue weighted by Gasteiger charge is 2.05. The van der Waals surface area contributed by atoms with Gasteiger partial charge in [0.05, 0.1) is 0 Å². The van der Waals surface area contributed by atoms with E-state index < -0.39 is 0 Å². The summed E-state index contributed by atoms with van der Waals surface area (Å²) in [6.45, 7) is 3.93. The molecule has 0 aliphatic rings. The van der Waals surface area contributed by atoms with Gasteiger partial charge in [-0.15, -0.1) is 0 Å². The summed E-state index contributed by atoms with van der Waals surface area (Å²) in [5.74, 6) is 0.871. The van der Waals surface area contributed by atoms with Crippen molar-refractivity contribution >= 4 is 39.1 Å².